The third kappa shape index (κ3) is 5.13. The first-order valence-corrected chi connectivity index (χ1v) is 11.9. The Morgan fingerprint density at radius 3 is 2.25 bits per heavy atom. The number of hydrogen-bond acceptors (Lipinski definition) is 3. The number of likely N-dealkylation sites (tertiary alicyclic amines) is 1. The molecule has 0 radical (unpaired) electrons. The van der Waals surface area contributed by atoms with Gasteiger partial charge in [0.1, 0.15) is 0 Å². The molecule has 170 valence electrons. The van der Waals surface area contributed by atoms with Gasteiger partial charge in [0.15, 0.2) is 0 Å². The molecule has 0 unspecified atom stereocenters. The van der Waals surface area contributed by atoms with Crippen LogP contribution in [-0.2, 0) is 0 Å². The van der Waals surface area contributed by atoms with Gasteiger partial charge in [0.2, 0.25) is 0 Å². The molecule has 2 aliphatic rings. The molecular formula is C24H28Cl2N4O2. The van der Waals surface area contributed by atoms with Crippen molar-refractivity contribution < 1.29 is 9.59 Å². The van der Waals surface area contributed by atoms with Gasteiger partial charge in [-0.3, -0.25) is 4.79 Å². The number of hydrogen-bond donors (Lipinski definition) is 2. The lowest BCUT2D eigenvalue weighted by Gasteiger charge is -2.34. The van der Waals surface area contributed by atoms with Crippen LogP contribution in [0.3, 0.4) is 0 Å². The van der Waals surface area contributed by atoms with Crippen LogP contribution < -0.4 is 15.5 Å². The average Bonchev–Trinajstić information content (AvgIpc) is 3.31. The molecule has 0 atom stereocenters. The van der Waals surface area contributed by atoms with E-state index in [0.717, 1.165) is 57.5 Å². The maximum atomic E-state index is 13.3. The van der Waals surface area contributed by atoms with Crippen molar-refractivity contribution in [3.63, 3.8) is 0 Å². The molecular weight excluding hydrogens is 447 g/mol. The summed E-state index contributed by atoms with van der Waals surface area (Å²) in [7, 11) is 0. The van der Waals surface area contributed by atoms with Crippen molar-refractivity contribution in [2.45, 2.75) is 32.6 Å². The number of rotatable bonds is 4. The van der Waals surface area contributed by atoms with Crippen molar-refractivity contribution in [1.29, 1.82) is 0 Å². The van der Waals surface area contributed by atoms with E-state index in [1.54, 1.807) is 24.3 Å². The molecule has 2 fully saturated rings. The largest absolute Gasteiger partial charge is 0.371 e. The Bertz CT molecular complexity index is 979. The van der Waals surface area contributed by atoms with Gasteiger partial charge in [-0.15, -0.1) is 0 Å². The molecule has 2 aromatic rings. The second-order valence-corrected chi connectivity index (χ2v) is 9.39. The first kappa shape index (κ1) is 22.7. The molecule has 3 amide bonds. The summed E-state index contributed by atoms with van der Waals surface area (Å²) < 4.78 is 0. The van der Waals surface area contributed by atoms with Gasteiger partial charge in [0, 0.05) is 37.6 Å². The summed E-state index contributed by atoms with van der Waals surface area (Å²) in [5.74, 6) is 0.722. The second-order valence-electron chi connectivity index (χ2n) is 8.58. The van der Waals surface area contributed by atoms with Crippen LogP contribution in [0.4, 0.5) is 21.9 Å². The van der Waals surface area contributed by atoms with E-state index in [1.807, 2.05) is 17.0 Å². The highest BCUT2D eigenvalue weighted by Gasteiger charge is 2.26. The first-order valence-electron chi connectivity index (χ1n) is 11.1. The normalized spacial score (nSPS) is 16.8. The van der Waals surface area contributed by atoms with Crippen LogP contribution in [0.5, 0.6) is 0 Å². The smallest absolute Gasteiger partial charge is 0.323 e. The Morgan fingerprint density at radius 2 is 1.59 bits per heavy atom. The third-order valence-electron chi connectivity index (χ3n) is 6.20. The van der Waals surface area contributed by atoms with E-state index < -0.39 is 6.03 Å². The number of nitrogens with one attached hydrogen (secondary N) is 2. The highest BCUT2D eigenvalue weighted by atomic mass is 35.5. The van der Waals surface area contributed by atoms with Crippen LogP contribution in [0.1, 0.15) is 43.0 Å². The van der Waals surface area contributed by atoms with Crippen molar-refractivity contribution in [2.24, 2.45) is 5.92 Å². The number of benzene rings is 2. The van der Waals surface area contributed by atoms with Crippen LogP contribution in [-0.4, -0.2) is 43.0 Å². The van der Waals surface area contributed by atoms with E-state index in [0.29, 0.717) is 32.9 Å². The number of urea groups is 1. The van der Waals surface area contributed by atoms with Gasteiger partial charge in [0.25, 0.3) is 5.91 Å². The number of carbonyl (C=O) groups excluding carboxylic acids is 2. The minimum Gasteiger partial charge on any atom is -0.371 e. The summed E-state index contributed by atoms with van der Waals surface area (Å²) >= 11 is 12.3. The number of amides is 3. The molecule has 6 nitrogen and oxygen atoms in total. The summed E-state index contributed by atoms with van der Waals surface area (Å²) in [6, 6.07) is 10.1. The zero-order valence-electron chi connectivity index (χ0n) is 18.2. The summed E-state index contributed by atoms with van der Waals surface area (Å²) in [4.78, 5) is 30.1. The summed E-state index contributed by atoms with van der Waals surface area (Å²) in [5, 5.41) is 6.21. The zero-order valence-corrected chi connectivity index (χ0v) is 19.7. The van der Waals surface area contributed by atoms with E-state index in [-0.39, 0.29) is 5.91 Å². The molecule has 4 rings (SSSR count). The molecule has 2 aromatic carbocycles. The number of halogens is 2. The Balaban J connectivity index is 1.57. The maximum absolute atomic E-state index is 13.3. The lowest BCUT2D eigenvalue weighted by Crippen LogP contribution is -2.35. The highest BCUT2D eigenvalue weighted by molar-refractivity contribution is 6.39. The fourth-order valence-electron chi connectivity index (χ4n) is 4.29. The van der Waals surface area contributed by atoms with Crippen LogP contribution in [0.15, 0.2) is 36.4 Å². The van der Waals surface area contributed by atoms with Gasteiger partial charge in [-0.25, -0.2) is 4.79 Å². The third-order valence-corrected chi connectivity index (χ3v) is 6.83. The second kappa shape index (κ2) is 10.0. The van der Waals surface area contributed by atoms with Gasteiger partial charge in [-0.2, -0.15) is 0 Å². The minimum absolute atomic E-state index is 0.0225. The molecule has 0 aromatic heterocycles. The molecule has 2 N–H and O–H groups in total. The van der Waals surface area contributed by atoms with Gasteiger partial charge in [-0.05, 0) is 61.9 Å². The molecule has 0 aliphatic carbocycles. The van der Waals surface area contributed by atoms with Crippen LogP contribution >= 0.6 is 23.2 Å². The van der Waals surface area contributed by atoms with Crippen molar-refractivity contribution >= 4 is 52.2 Å². The van der Waals surface area contributed by atoms with Crippen LogP contribution in [0, 0.1) is 5.92 Å². The molecule has 2 heterocycles. The molecule has 8 heteroatoms. The zero-order chi connectivity index (χ0) is 22.7. The first-order chi connectivity index (χ1) is 15.4. The Labute approximate surface area is 198 Å². The highest BCUT2D eigenvalue weighted by Crippen LogP contribution is 2.32. The Kier molecular flexibility index (Phi) is 7.11. The van der Waals surface area contributed by atoms with Crippen molar-refractivity contribution in [3.8, 4) is 0 Å². The van der Waals surface area contributed by atoms with Gasteiger partial charge >= 0.3 is 6.03 Å². The van der Waals surface area contributed by atoms with Crippen LogP contribution in [0.2, 0.25) is 10.0 Å². The lowest BCUT2D eigenvalue weighted by molar-refractivity contribution is 0.0793. The fourth-order valence-corrected chi connectivity index (χ4v) is 4.79. The van der Waals surface area contributed by atoms with Gasteiger partial charge < -0.3 is 20.4 Å². The average molecular weight is 475 g/mol. The number of para-hydroxylation sites is 1. The summed E-state index contributed by atoms with van der Waals surface area (Å²) in [6.07, 6.45) is 4.28. The Hall–Kier alpha value is -2.44. The molecule has 2 aliphatic heterocycles. The minimum atomic E-state index is -0.473. The number of carbonyl (C=O) groups is 2. The maximum Gasteiger partial charge on any atom is 0.323 e. The molecule has 0 bridgehead atoms. The van der Waals surface area contributed by atoms with E-state index in [9.17, 15) is 9.59 Å². The van der Waals surface area contributed by atoms with E-state index in [4.69, 9.17) is 23.2 Å². The molecule has 32 heavy (non-hydrogen) atoms. The van der Waals surface area contributed by atoms with Crippen molar-refractivity contribution in [2.75, 3.05) is 41.7 Å². The predicted octanol–water partition coefficient (Wildman–Crippen LogP) is 6.11. The SMILES string of the molecule is CC1CCN(c2ccc(NC(=O)Nc3c(Cl)cccc3Cl)cc2C(=O)N2CCCC2)CC1. The predicted molar refractivity (Wildman–Crippen MR) is 131 cm³/mol. The Morgan fingerprint density at radius 1 is 0.938 bits per heavy atom. The summed E-state index contributed by atoms with van der Waals surface area (Å²) in [5.41, 5.74) is 2.46. The lowest BCUT2D eigenvalue weighted by atomic mass is 9.97. The summed E-state index contributed by atoms with van der Waals surface area (Å²) in [6.45, 7) is 5.68. The standard InChI is InChI=1S/C24H28Cl2N4O2/c1-16-9-13-29(14-10-16)21-8-7-17(15-18(21)23(31)30-11-2-3-12-30)27-24(32)28-22-19(25)5-4-6-20(22)26/h4-8,15-16H,2-3,9-14H2,1H3,(H2,27,28,32). The monoisotopic (exact) mass is 474 g/mol. The quantitative estimate of drug-likeness (QED) is 0.561. The fraction of sp³-hybridized carbons (Fsp3) is 0.417. The molecule has 0 spiro atoms. The number of piperidine rings is 1. The van der Waals surface area contributed by atoms with E-state index in [1.165, 1.54) is 0 Å². The van der Waals surface area contributed by atoms with Gasteiger partial charge in [0.05, 0.1) is 21.3 Å². The topological polar surface area (TPSA) is 64.7 Å². The van der Waals surface area contributed by atoms with Crippen LogP contribution in [0.25, 0.3) is 0 Å². The van der Waals surface area contributed by atoms with Crippen molar-refractivity contribution in [3.05, 3.63) is 52.0 Å². The van der Waals surface area contributed by atoms with E-state index in [2.05, 4.69) is 22.5 Å². The number of nitrogens with zero attached hydrogens (tertiary/aromatic N) is 2. The van der Waals surface area contributed by atoms with E-state index >= 15 is 0 Å². The molecule has 2 saturated heterocycles. The number of anilines is 3. The van der Waals surface area contributed by atoms with Crippen molar-refractivity contribution in [1.82, 2.24) is 4.90 Å². The molecule has 0 saturated carbocycles. The van der Waals surface area contributed by atoms with Gasteiger partial charge in [-0.1, -0.05) is 36.2 Å².